The van der Waals surface area contributed by atoms with Gasteiger partial charge in [0.05, 0.1) is 11.2 Å². The van der Waals surface area contributed by atoms with Crippen molar-refractivity contribution in [3.05, 3.63) is 0 Å². The molecule has 0 aliphatic carbocycles. The summed E-state index contributed by atoms with van der Waals surface area (Å²) in [6.45, 7) is 3.84. The van der Waals surface area contributed by atoms with Crippen molar-refractivity contribution in [2.75, 3.05) is 0 Å². The second-order valence-corrected chi connectivity index (χ2v) is 9.11. The van der Waals surface area contributed by atoms with Gasteiger partial charge in [0.1, 0.15) is 3.42 Å². The summed E-state index contributed by atoms with van der Waals surface area (Å²) in [5.74, 6) is -0.258. The number of hydrogen-bond acceptors (Lipinski definition) is 5. The van der Waals surface area contributed by atoms with Crippen LogP contribution in [0.4, 0.5) is 0 Å². The van der Waals surface area contributed by atoms with Gasteiger partial charge in [0, 0.05) is 5.25 Å². The molecule has 0 radical (unpaired) electrons. The van der Waals surface area contributed by atoms with Gasteiger partial charge in [-0.05, 0) is 19.8 Å². The van der Waals surface area contributed by atoms with E-state index in [0.29, 0.717) is 0 Å². The van der Waals surface area contributed by atoms with E-state index in [2.05, 4.69) is 22.6 Å². The fourth-order valence-electron chi connectivity index (χ4n) is 2.77. The third-order valence-electron chi connectivity index (χ3n) is 4.12. The van der Waals surface area contributed by atoms with E-state index in [-0.39, 0.29) is 40.6 Å². The number of carbonyl (C=O) groups is 2. The molecule has 3 aliphatic rings. The van der Waals surface area contributed by atoms with Crippen molar-refractivity contribution in [1.82, 2.24) is 0 Å². The molecule has 4 nitrogen and oxygen atoms in total. The summed E-state index contributed by atoms with van der Waals surface area (Å²) in [6, 6.07) is 0. The average Bonchev–Trinajstić information content (AvgIpc) is 2.93. The molecule has 6 unspecified atom stereocenters. The van der Waals surface area contributed by atoms with Crippen molar-refractivity contribution >= 4 is 46.3 Å². The van der Waals surface area contributed by atoms with Gasteiger partial charge in [0.25, 0.3) is 0 Å². The van der Waals surface area contributed by atoms with Gasteiger partial charge in [-0.25, -0.2) is 0 Å². The molecule has 2 bridgehead atoms. The summed E-state index contributed by atoms with van der Waals surface area (Å²) in [5.41, 5.74) is 0. The van der Waals surface area contributed by atoms with Gasteiger partial charge < -0.3 is 9.47 Å². The molecule has 6 heteroatoms. The standard InChI is InChI=1S/C12H15IO4S/c1-3-12(2,13)11(15)17-7-6-4-5-9(18-6)8(7)16-10(5)14/h5-9H,3-4H2,1-2H3. The van der Waals surface area contributed by atoms with Crippen molar-refractivity contribution in [3.63, 3.8) is 0 Å². The lowest BCUT2D eigenvalue weighted by Gasteiger charge is -2.27. The monoisotopic (exact) mass is 382 g/mol. The van der Waals surface area contributed by atoms with E-state index in [9.17, 15) is 9.59 Å². The number of halogens is 1. The highest BCUT2D eigenvalue weighted by Crippen LogP contribution is 2.56. The molecule has 0 aromatic heterocycles. The van der Waals surface area contributed by atoms with Crippen LogP contribution < -0.4 is 0 Å². The Bertz CT molecular complexity index is 411. The SMILES string of the molecule is CCC(C)(I)C(=O)OC1C2CC3C(=O)OC1C3S2. The molecule has 6 atom stereocenters. The minimum atomic E-state index is -0.494. The minimum Gasteiger partial charge on any atom is -0.457 e. The van der Waals surface area contributed by atoms with Gasteiger partial charge in [0.15, 0.2) is 12.2 Å². The zero-order chi connectivity index (χ0) is 13.1. The van der Waals surface area contributed by atoms with Crippen LogP contribution in [0.15, 0.2) is 0 Å². The predicted molar refractivity (Wildman–Crippen MR) is 75.8 cm³/mol. The highest BCUT2D eigenvalue weighted by molar-refractivity contribution is 14.1. The highest BCUT2D eigenvalue weighted by atomic mass is 127. The lowest BCUT2D eigenvalue weighted by Crippen LogP contribution is -2.43. The van der Waals surface area contributed by atoms with Gasteiger partial charge >= 0.3 is 11.9 Å². The zero-order valence-electron chi connectivity index (χ0n) is 10.2. The summed E-state index contributed by atoms with van der Waals surface area (Å²) >= 11 is 3.88. The molecular weight excluding hydrogens is 367 g/mol. The van der Waals surface area contributed by atoms with Crippen LogP contribution in [-0.4, -0.2) is 38.1 Å². The number of fused-ring (bicyclic) bond motifs is 1. The molecule has 3 aliphatic heterocycles. The summed E-state index contributed by atoms with van der Waals surface area (Å²) in [5, 5.41) is 0.451. The fourth-order valence-corrected chi connectivity index (χ4v) is 4.76. The second kappa shape index (κ2) is 4.26. The van der Waals surface area contributed by atoms with Crippen LogP contribution in [-0.2, 0) is 19.1 Å². The van der Waals surface area contributed by atoms with Crippen LogP contribution in [0.25, 0.3) is 0 Å². The zero-order valence-corrected chi connectivity index (χ0v) is 13.2. The highest BCUT2D eigenvalue weighted by Gasteiger charge is 2.64. The fraction of sp³-hybridized carbons (Fsp3) is 0.833. The molecule has 0 amide bonds. The molecule has 0 aromatic carbocycles. The number of alkyl halides is 1. The maximum absolute atomic E-state index is 12.1. The Kier molecular flexibility index (Phi) is 3.08. The van der Waals surface area contributed by atoms with Crippen molar-refractivity contribution in [1.29, 1.82) is 0 Å². The number of ether oxygens (including phenoxy) is 2. The summed E-state index contributed by atoms with van der Waals surface area (Å²) in [6.07, 6.45) is 1.08. The Morgan fingerprint density at radius 3 is 3.06 bits per heavy atom. The van der Waals surface area contributed by atoms with E-state index in [1.807, 2.05) is 13.8 Å². The van der Waals surface area contributed by atoms with Crippen molar-refractivity contribution in [2.45, 2.75) is 52.8 Å². The molecule has 18 heavy (non-hydrogen) atoms. The molecule has 3 rings (SSSR count). The first-order valence-corrected chi connectivity index (χ1v) is 8.22. The molecule has 0 spiro atoms. The quantitative estimate of drug-likeness (QED) is 0.424. The first-order chi connectivity index (χ1) is 8.44. The van der Waals surface area contributed by atoms with Crippen LogP contribution >= 0.6 is 34.4 Å². The van der Waals surface area contributed by atoms with Crippen LogP contribution in [0.5, 0.6) is 0 Å². The third kappa shape index (κ3) is 1.78. The minimum absolute atomic E-state index is 0.0390. The summed E-state index contributed by atoms with van der Waals surface area (Å²) in [4.78, 5) is 23.7. The third-order valence-corrected chi connectivity index (χ3v) is 7.04. The predicted octanol–water partition coefficient (Wildman–Crippen LogP) is 1.93. The largest absolute Gasteiger partial charge is 0.457 e. The van der Waals surface area contributed by atoms with Gasteiger partial charge in [-0.3, -0.25) is 9.59 Å². The maximum atomic E-state index is 12.1. The number of thioether (sulfide) groups is 1. The summed E-state index contributed by atoms with van der Waals surface area (Å²) in [7, 11) is 0. The Morgan fingerprint density at radius 1 is 1.67 bits per heavy atom. The first kappa shape index (κ1) is 13.0. The van der Waals surface area contributed by atoms with E-state index in [0.717, 1.165) is 12.8 Å². The first-order valence-electron chi connectivity index (χ1n) is 6.20. The number of hydrogen-bond donors (Lipinski definition) is 0. The van der Waals surface area contributed by atoms with Gasteiger partial charge in [-0.15, -0.1) is 11.8 Å². The number of rotatable bonds is 3. The van der Waals surface area contributed by atoms with E-state index in [1.165, 1.54) is 0 Å². The average molecular weight is 382 g/mol. The number of carbonyl (C=O) groups excluding carboxylic acids is 2. The normalized spacial score (nSPS) is 43.7. The van der Waals surface area contributed by atoms with Crippen LogP contribution in [0.1, 0.15) is 26.7 Å². The Hall–Kier alpha value is 0.0200. The molecule has 0 N–H and O–H groups in total. The smallest absolute Gasteiger partial charge is 0.322 e. The molecule has 3 fully saturated rings. The van der Waals surface area contributed by atoms with E-state index >= 15 is 0 Å². The molecule has 3 saturated heterocycles. The molecular formula is C12H15IO4S. The summed E-state index contributed by atoms with van der Waals surface area (Å²) < 4.78 is 10.5. The van der Waals surface area contributed by atoms with Crippen molar-refractivity contribution < 1.29 is 19.1 Å². The lowest BCUT2D eigenvalue weighted by molar-refractivity contribution is -0.160. The van der Waals surface area contributed by atoms with Gasteiger partial charge in [-0.1, -0.05) is 29.5 Å². The van der Waals surface area contributed by atoms with Crippen LogP contribution in [0.3, 0.4) is 0 Å². The van der Waals surface area contributed by atoms with Crippen LogP contribution in [0.2, 0.25) is 0 Å². The molecule has 3 heterocycles. The van der Waals surface area contributed by atoms with Crippen LogP contribution in [0, 0.1) is 5.92 Å². The van der Waals surface area contributed by atoms with Crippen molar-refractivity contribution in [2.24, 2.45) is 5.92 Å². The van der Waals surface area contributed by atoms with E-state index in [1.54, 1.807) is 11.8 Å². The molecule has 100 valence electrons. The van der Waals surface area contributed by atoms with Gasteiger partial charge in [0.2, 0.25) is 0 Å². The van der Waals surface area contributed by atoms with Crippen molar-refractivity contribution in [3.8, 4) is 0 Å². The topological polar surface area (TPSA) is 52.6 Å². The van der Waals surface area contributed by atoms with Gasteiger partial charge in [-0.2, -0.15) is 0 Å². The Morgan fingerprint density at radius 2 is 2.39 bits per heavy atom. The molecule has 0 saturated carbocycles. The number of esters is 2. The second-order valence-electron chi connectivity index (χ2n) is 5.30. The maximum Gasteiger partial charge on any atom is 0.322 e. The molecule has 0 aromatic rings. The Balaban J connectivity index is 1.73. The van der Waals surface area contributed by atoms with E-state index < -0.39 is 3.42 Å². The Labute approximate surface area is 124 Å². The lowest BCUT2D eigenvalue weighted by atomic mass is 9.88. The van der Waals surface area contributed by atoms with E-state index in [4.69, 9.17) is 9.47 Å².